The van der Waals surface area contributed by atoms with E-state index in [4.69, 9.17) is 10.2 Å². The van der Waals surface area contributed by atoms with Crippen molar-refractivity contribution in [3.05, 3.63) is 23.8 Å². The van der Waals surface area contributed by atoms with E-state index < -0.39 is 23.7 Å². The van der Waals surface area contributed by atoms with E-state index in [-0.39, 0.29) is 11.3 Å². The van der Waals surface area contributed by atoms with Crippen LogP contribution in [0, 0.1) is 0 Å². The van der Waals surface area contributed by atoms with E-state index in [0.717, 1.165) is 6.07 Å². The number of carbonyl (C=O) groups excluding carboxylic acids is 1. The summed E-state index contributed by atoms with van der Waals surface area (Å²) in [6.45, 7) is 0. The number of benzene rings is 1. The number of rotatable bonds is 6. The minimum Gasteiger partial charge on any atom is -0.504 e. The lowest BCUT2D eigenvalue weighted by molar-refractivity contribution is -0.139. The number of hydrogen-bond donors (Lipinski definition) is 4. The van der Waals surface area contributed by atoms with Gasteiger partial charge in [-0.1, -0.05) is 0 Å². The number of hydrogen-bond acceptors (Lipinski definition) is 5. The molecule has 1 rings (SSSR count). The van der Waals surface area contributed by atoms with E-state index in [0.29, 0.717) is 12.2 Å². The van der Waals surface area contributed by atoms with Gasteiger partial charge in [0.25, 0.3) is 5.91 Å². The zero-order chi connectivity index (χ0) is 14.4. The number of amides is 1. The molecule has 104 valence electrons. The Hall–Kier alpha value is -1.89. The molecule has 0 aliphatic rings. The molecule has 0 aliphatic carbocycles. The first-order valence-electron chi connectivity index (χ1n) is 5.50. The van der Waals surface area contributed by atoms with Gasteiger partial charge in [0.05, 0.1) is 0 Å². The number of aliphatic carboxylic acids is 1. The number of nitrogens with one attached hydrogen (secondary N) is 1. The zero-order valence-electron chi connectivity index (χ0n) is 10.3. The van der Waals surface area contributed by atoms with Crippen molar-refractivity contribution < 1.29 is 24.9 Å². The molecule has 19 heavy (non-hydrogen) atoms. The average Bonchev–Trinajstić information content (AvgIpc) is 2.37. The van der Waals surface area contributed by atoms with Gasteiger partial charge in [0.2, 0.25) is 0 Å². The largest absolute Gasteiger partial charge is 0.504 e. The predicted octanol–water partition coefficient (Wildman–Crippen LogP) is 1.03. The second-order valence-corrected chi connectivity index (χ2v) is 4.83. The van der Waals surface area contributed by atoms with E-state index in [1.807, 2.05) is 6.26 Å². The van der Waals surface area contributed by atoms with Crippen LogP contribution in [-0.4, -0.2) is 45.2 Å². The van der Waals surface area contributed by atoms with Gasteiger partial charge >= 0.3 is 5.97 Å². The van der Waals surface area contributed by atoms with Crippen molar-refractivity contribution >= 4 is 23.6 Å². The quantitative estimate of drug-likeness (QED) is 0.582. The summed E-state index contributed by atoms with van der Waals surface area (Å²) in [6, 6.07) is 2.58. The van der Waals surface area contributed by atoms with Crippen molar-refractivity contribution in [1.29, 1.82) is 0 Å². The van der Waals surface area contributed by atoms with Gasteiger partial charge in [0.15, 0.2) is 11.5 Å². The third kappa shape index (κ3) is 4.36. The van der Waals surface area contributed by atoms with Crippen LogP contribution in [0.3, 0.4) is 0 Å². The van der Waals surface area contributed by atoms with E-state index in [2.05, 4.69) is 5.32 Å². The Bertz CT molecular complexity index is 477. The smallest absolute Gasteiger partial charge is 0.326 e. The summed E-state index contributed by atoms with van der Waals surface area (Å²) >= 11 is 1.49. The summed E-state index contributed by atoms with van der Waals surface area (Å²) in [6.07, 6.45) is 2.16. The molecular formula is C12H15NO5S. The molecule has 7 heteroatoms. The number of thioether (sulfide) groups is 1. The maximum atomic E-state index is 11.8. The van der Waals surface area contributed by atoms with Crippen molar-refractivity contribution in [3.8, 4) is 11.5 Å². The van der Waals surface area contributed by atoms with Gasteiger partial charge in [0, 0.05) is 5.56 Å². The molecule has 4 N–H and O–H groups in total. The molecular weight excluding hydrogens is 270 g/mol. The highest BCUT2D eigenvalue weighted by molar-refractivity contribution is 7.98. The van der Waals surface area contributed by atoms with Gasteiger partial charge in [-0.25, -0.2) is 4.79 Å². The zero-order valence-corrected chi connectivity index (χ0v) is 11.1. The Morgan fingerprint density at radius 1 is 1.32 bits per heavy atom. The molecule has 1 unspecified atom stereocenters. The van der Waals surface area contributed by atoms with Crippen LogP contribution in [-0.2, 0) is 4.79 Å². The summed E-state index contributed by atoms with van der Waals surface area (Å²) < 4.78 is 0. The molecule has 6 nitrogen and oxygen atoms in total. The summed E-state index contributed by atoms with van der Waals surface area (Å²) in [7, 11) is 0. The van der Waals surface area contributed by atoms with Crippen LogP contribution in [0.1, 0.15) is 16.8 Å². The molecule has 1 atom stereocenters. The van der Waals surface area contributed by atoms with Gasteiger partial charge in [-0.05, 0) is 36.6 Å². The Balaban J connectivity index is 2.75. The van der Waals surface area contributed by atoms with Gasteiger partial charge < -0.3 is 20.6 Å². The molecule has 0 aromatic heterocycles. The van der Waals surface area contributed by atoms with Gasteiger partial charge in [-0.3, -0.25) is 4.79 Å². The number of phenolic OH excluding ortho intramolecular Hbond substituents is 2. The van der Waals surface area contributed by atoms with Crippen LogP contribution in [0.2, 0.25) is 0 Å². The van der Waals surface area contributed by atoms with Crippen molar-refractivity contribution in [2.45, 2.75) is 12.5 Å². The number of carbonyl (C=O) groups is 2. The predicted molar refractivity (Wildman–Crippen MR) is 71.7 cm³/mol. The van der Waals surface area contributed by atoms with Crippen molar-refractivity contribution in [2.75, 3.05) is 12.0 Å². The average molecular weight is 285 g/mol. The van der Waals surface area contributed by atoms with Crippen LogP contribution in [0.15, 0.2) is 18.2 Å². The number of phenols is 2. The Morgan fingerprint density at radius 3 is 2.53 bits per heavy atom. The van der Waals surface area contributed by atoms with Crippen LogP contribution in [0.4, 0.5) is 0 Å². The normalized spacial score (nSPS) is 11.8. The molecule has 0 aliphatic heterocycles. The van der Waals surface area contributed by atoms with Crippen molar-refractivity contribution in [2.24, 2.45) is 0 Å². The fourth-order valence-corrected chi connectivity index (χ4v) is 1.87. The molecule has 0 spiro atoms. The van der Waals surface area contributed by atoms with Crippen LogP contribution < -0.4 is 5.32 Å². The maximum Gasteiger partial charge on any atom is 0.326 e. The highest BCUT2D eigenvalue weighted by Gasteiger charge is 2.20. The van der Waals surface area contributed by atoms with E-state index in [1.54, 1.807) is 0 Å². The monoisotopic (exact) mass is 285 g/mol. The molecule has 0 bridgehead atoms. The molecule has 0 saturated carbocycles. The molecule has 1 amide bonds. The Morgan fingerprint density at radius 2 is 2.00 bits per heavy atom. The summed E-state index contributed by atoms with van der Waals surface area (Å²) in [5, 5.41) is 29.8. The van der Waals surface area contributed by atoms with Crippen molar-refractivity contribution in [1.82, 2.24) is 5.32 Å². The Kier molecular flexibility index (Phi) is 5.50. The molecule has 0 heterocycles. The van der Waals surface area contributed by atoms with Crippen LogP contribution >= 0.6 is 11.8 Å². The van der Waals surface area contributed by atoms with Crippen molar-refractivity contribution in [3.63, 3.8) is 0 Å². The second kappa shape index (κ2) is 6.89. The SMILES string of the molecule is CSCCC(NC(=O)c1ccc(O)c(O)c1)C(=O)O. The lowest BCUT2D eigenvalue weighted by atomic mass is 10.1. The number of aromatic hydroxyl groups is 2. The highest BCUT2D eigenvalue weighted by atomic mass is 32.2. The standard InChI is InChI=1S/C12H15NO5S/c1-19-5-4-8(12(17)18)13-11(16)7-2-3-9(14)10(15)6-7/h2-3,6,8,14-15H,4-5H2,1H3,(H,13,16)(H,17,18). The van der Waals surface area contributed by atoms with Crippen LogP contribution in [0.25, 0.3) is 0 Å². The first-order valence-corrected chi connectivity index (χ1v) is 6.89. The third-order valence-corrected chi connectivity index (χ3v) is 3.10. The lowest BCUT2D eigenvalue weighted by Gasteiger charge is -2.14. The number of carboxylic acid groups (broad SMARTS) is 1. The summed E-state index contributed by atoms with van der Waals surface area (Å²) in [5.74, 6) is -1.87. The van der Waals surface area contributed by atoms with E-state index >= 15 is 0 Å². The lowest BCUT2D eigenvalue weighted by Crippen LogP contribution is -2.41. The fourth-order valence-electron chi connectivity index (χ4n) is 1.40. The highest BCUT2D eigenvalue weighted by Crippen LogP contribution is 2.24. The molecule has 0 fully saturated rings. The topological polar surface area (TPSA) is 107 Å². The van der Waals surface area contributed by atoms with Crippen LogP contribution in [0.5, 0.6) is 11.5 Å². The van der Waals surface area contributed by atoms with Gasteiger partial charge in [-0.2, -0.15) is 11.8 Å². The fraction of sp³-hybridized carbons (Fsp3) is 0.333. The summed E-state index contributed by atoms with van der Waals surface area (Å²) in [5.41, 5.74) is 0.0886. The molecule has 1 aromatic rings. The van der Waals surface area contributed by atoms with Gasteiger partial charge in [-0.15, -0.1) is 0 Å². The van der Waals surface area contributed by atoms with E-state index in [1.165, 1.54) is 23.9 Å². The van der Waals surface area contributed by atoms with E-state index in [9.17, 15) is 14.7 Å². The molecule has 0 radical (unpaired) electrons. The maximum absolute atomic E-state index is 11.8. The minimum atomic E-state index is -1.11. The summed E-state index contributed by atoms with van der Waals surface area (Å²) in [4.78, 5) is 22.8. The minimum absolute atomic E-state index is 0.0886. The number of carboxylic acids is 1. The molecule has 0 saturated heterocycles. The van der Waals surface area contributed by atoms with Gasteiger partial charge in [0.1, 0.15) is 6.04 Å². The third-order valence-electron chi connectivity index (χ3n) is 2.45. The first-order chi connectivity index (χ1) is 8.95. The Labute approximate surface area is 114 Å². The second-order valence-electron chi connectivity index (χ2n) is 3.85. The first kappa shape index (κ1) is 15.2. The molecule has 1 aromatic carbocycles.